The van der Waals surface area contributed by atoms with Gasteiger partial charge in [0.25, 0.3) is 0 Å². The van der Waals surface area contributed by atoms with Gasteiger partial charge in [-0.15, -0.1) is 11.3 Å². The monoisotopic (exact) mass is 317 g/mol. The van der Waals surface area contributed by atoms with Crippen LogP contribution in [0.1, 0.15) is 5.56 Å². The molecule has 0 spiro atoms. The summed E-state index contributed by atoms with van der Waals surface area (Å²) in [5, 5.41) is 6.28. The Bertz CT molecular complexity index is 744. The van der Waals surface area contributed by atoms with Crippen LogP contribution in [0.4, 0.5) is 5.82 Å². The molecule has 0 aliphatic heterocycles. The highest BCUT2D eigenvalue weighted by molar-refractivity contribution is 8.00. The molecule has 21 heavy (non-hydrogen) atoms. The van der Waals surface area contributed by atoms with Gasteiger partial charge in [0.05, 0.1) is 12.6 Å². The number of thiazole rings is 1. The minimum absolute atomic E-state index is 0.821. The molecule has 1 aromatic carbocycles. The van der Waals surface area contributed by atoms with E-state index < -0.39 is 0 Å². The topological polar surface area (TPSA) is 47.0 Å². The number of hydrogen-bond donors (Lipinski definition) is 1. The largest absolute Gasteiger partial charge is 0.497 e. The third-order valence-corrected chi connectivity index (χ3v) is 5.12. The molecule has 0 saturated heterocycles. The van der Waals surface area contributed by atoms with Crippen molar-refractivity contribution in [2.24, 2.45) is 0 Å². The van der Waals surface area contributed by atoms with Crippen molar-refractivity contribution in [2.45, 2.75) is 10.1 Å². The Morgan fingerprint density at radius 3 is 2.95 bits per heavy atom. The van der Waals surface area contributed by atoms with Gasteiger partial charge in [-0.2, -0.15) is 0 Å². The lowest BCUT2D eigenvalue weighted by Crippen LogP contribution is -1.98. The molecule has 0 bridgehead atoms. The SMILES string of the molecule is CNc1nc2cc(OC)ccc2cc1CSc1nccs1. The van der Waals surface area contributed by atoms with E-state index in [1.165, 1.54) is 5.56 Å². The number of fused-ring (bicyclic) bond motifs is 1. The zero-order valence-corrected chi connectivity index (χ0v) is 13.4. The van der Waals surface area contributed by atoms with E-state index in [9.17, 15) is 0 Å². The lowest BCUT2D eigenvalue weighted by Gasteiger charge is -2.10. The van der Waals surface area contributed by atoms with Crippen LogP contribution in [0.2, 0.25) is 0 Å². The average Bonchev–Trinajstić information content (AvgIpc) is 3.04. The van der Waals surface area contributed by atoms with E-state index in [1.807, 2.05) is 36.8 Å². The summed E-state index contributed by atoms with van der Waals surface area (Å²) in [5.41, 5.74) is 2.11. The number of ether oxygens (including phenoxy) is 1. The quantitative estimate of drug-likeness (QED) is 0.720. The van der Waals surface area contributed by atoms with E-state index in [1.54, 1.807) is 30.2 Å². The van der Waals surface area contributed by atoms with Gasteiger partial charge in [-0.05, 0) is 18.2 Å². The molecule has 2 aromatic heterocycles. The minimum atomic E-state index is 0.821. The highest BCUT2D eigenvalue weighted by Gasteiger charge is 2.08. The Labute approximate surface area is 131 Å². The first-order valence-corrected chi connectivity index (χ1v) is 8.34. The molecule has 0 atom stereocenters. The Balaban J connectivity index is 1.93. The number of hydrogen-bond acceptors (Lipinski definition) is 6. The van der Waals surface area contributed by atoms with Gasteiger partial charge in [-0.1, -0.05) is 11.8 Å². The Morgan fingerprint density at radius 2 is 2.24 bits per heavy atom. The molecule has 1 N–H and O–H groups in total. The van der Waals surface area contributed by atoms with Crippen molar-refractivity contribution in [3.63, 3.8) is 0 Å². The molecule has 0 saturated carbocycles. The highest BCUT2D eigenvalue weighted by atomic mass is 32.2. The van der Waals surface area contributed by atoms with Gasteiger partial charge in [0.1, 0.15) is 15.9 Å². The van der Waals surface area contributed by atoms with E-state index in [4.69, 9.17) is 4.74 Å². The summed E-state index contributed by atoms with van der Waals surface area (Å²) in [6, 6.07) is 8.13. The summed E-state index contributed by atoms with van der Waals surface area (Å²) >= 11 is 3.39. The molecule has 0 aliphatic carbocycles. The summed E-state index contributed by atoms with van der Waals surface area (Å²) in [7, 11) is 3.56. The van der Waals surface area contributed by atoms with E-state index in [0.29, 0.717) is 0 Å². The molecular formula is C15H15N3OS2. The van der Waals surface area contributed by atoms with Gasteiger partial charge < -0.3 is 10.1 Å². The lowest BCUT2D eigenvalue weighted by molar-refractivity contribution is 0.415. The number of rotatable bonds is 5. The molecule has 4 nitrogen and oxygen atoms in total. The summed E-state index contributed by atoms with van der Waals surface area (Å²) < 4.78 is 6.33. The van der Waals surface area contributed by atoms with Crippen LogP contribution in [0.3, 0.4) is 0 Å². The van der Waals surface area contributed by atoms with Crippen molar-refractivity contribution in [3.8, 4) is 5.75 Å². The lowest BCUT2D eigenvalue weighted by atomic mass is 10.1. The van der Waals surface area contributed by atoms with E-state index in [-0.39, 0.29) is 0 Å². The second-order valence-corrected chi connectivity index (χ2v) is 6.51. The van der Waals surface area contributed by atoms with Crippen molar-refractivity contribution in [2.75, 3.05) is 19.5 Å². The third kappa shape index (κ3) is 3.11. The van der Waals surface area contributed by atoms with Gasteiger partial charge in [0.2, 0.25) is 0 Å². The minimum Gasteiger partial charge on any atom is -0.497 e. The molecule has 0 unspecified atom stereocenters. The fraction of sp³-hybridized carbons (Fsp3) is 0.200. The second-order valence-electron chi connectivity index (χ2n) is 4.39. The molecule has 108 valence electrons. The maximum Gasteiger partial charge on any atom is 0.150 e. The second kappa shape index (κ2) is 6.32. The number of nitrogens with zero attached hydrogens (tertiary/aromatic N) is 2. The summed E-state index contributed by atoms with van der Waals surface area (Å²) in [6.07, 6.45) is 1.83. The van der Waals surface area contributed by atoms with Gasteiger partial charge in [0.15, 0.2) is 0 Å². The van der Waals surface area contributed by atoms with Crippen molar-refractivity contribution >= 4 is 39.8 Å². The van der Waals surface area contributed by atoms with Crippen LogP contribution in [0.15, 0.2) is 40.2 Å². The van der Waals surface area contributed by atoms with Crippen molar-refractivity contribution in [3.05, 3.63) is 41.4 Å². The fourth-order valence-electron chi connectivity index (χ4n) is 2.07. The van der Waals surface area contributed by atoms with Crippen LogP contribution >= 0.6 is 23.1 Å². The molecular weight excluding hydrogens is 302 g/mol. The van der Waals surface area contributed by atoms with Gasteiger partial charge >= 0.3 is 0 Å². The van der Waals surface area contributed by atoms with Crippen LogP contribution in [-0.2, 0) is 5.75 Å². The number of nitrogens with one attached hydrogen (secondary N) is 1. The van der Waals surface area contributed by atoms with Crippen LogP contribution < -0.4 is 10.1 Å². The van der Waals surface area contributed by atoms with Crippen LogP contribution in [0.25, 0.3) is 10.9 Å². The molecule has 0 aliphatic rings. The zero-order chi connectivity index (χ0) is 14.7. The number of anilines is 1. The van der Waals surface area contributed by atoms with Crippen molar-refractivity contribution < 1.29 is 4.74 Å². The van der Waals surface area contributed by atoms with E-state index in [2.05, 4.69) is 21.4 Å². The number of methoxy groups -OCH3 is 1. The predicted molar refractivity (Wildman–Crippen MR) is 89.5 cm³/mol. The van der Waals surface area contributed by atoms with E-state index in [0.717, 1.165) is 32.6 Å². The highest BCUT2D eigenvalue weighted by Crippen LogP contribution is 2.30. The van der Waals surface area contributed by atoms with Gasteiger partial charge in [-0.3, -0.25) is 0 Å². The van der Waals surface area contributed by atoms with Gasteiger partial charge in [-0.25, -0.2) is 9.97 Å². The molecule has 0 radical (unpaired) electrons. The predicted octanol–water partition coefficient (Wildman–Crippen LogP) is 4.03. The molecule has 0 amide bonds. The first-order valence-electron chi connectivity index (χ1n) is 6.48. The maximum atomic E-state index is 5.25. The molecule has 6 heteroatoms. The number of pyridine rings is 1. The number of thioether (sulfide) groups is 1. The van der Waals surface area contributed by atoms with Crippen LogP contribution in [-0.4, -0.2) is 24.1 Å². The Morgan fingerprint density at radius 1 is 1.33 bits per heavy atom. The Hall–Kier alpha value is -1.79. The average molecular weight is 317 g/mol. The molecule has 3 aromatic rings. The normalized spacial score (nSPS) is 10.8. The maximum absolute atomic E-state index is 5.25. The van der Waals surface area contributed by atoms with Crippen molar-refractivity contribution in [1.82, 2.24) is 9.97 Å². The summed E-state index contributed by atoms with van der Waals surface area (Å²) in [4.78, 5) is 8.98. The van der Waals surface area contributed by atoms with Gasteiger partial charge in [0, 0.05) is 41.4 Å². The zero-order valence-electron chi connectivity index (χ0n) is 11.8. The summed E-state index contributed by atoms with van der Waals surface area (Å²) in [6.45, 7) is 0. The first-order chi connectivity index (χ1) is 10.3. The standard InChI is InChI=1S/C15H15N3OS2/c1-16-14-11(9-21-15-17-5-6-20-15)7-10-3-4-12(19-2)8-13(10)18-14/h3-8H,9H2,1-2H3,(H,16,18). The molecule has 3 rings (SSSR count). The first kappa shape index (κ1) is 14.2. The fourth-order valence-corrected chi connectivity index (χ4v) is 3.68. The smallest absolute Gasteiger partial charge is 0.150 e. The third-order valence-electron chi connectivity index (χ3n) is 3.10. The Kier molecular flexibility index (Phi) is 4.26. The van der Waals surface area contributed by atoms with Crippen molar-refractivity contribution in [1.29, 1.82) is 0 Å². The number of aromatic nitrogens is 2. The van der Waals surface area contributed by atoms with Crippen LogP contribution in [0.5, 0.6) is 5.75 Å². The molecule has 2 heterocycles. The summed E-state index contributed by atoms with van der Waals surface area (Å²) in [5.74, 6) is 2.57. The van der Waals surface area contributed by atoms with E-state index >= 15 is 0 Å². The number of benzene rings is 1. The van der Waals surface area contributed by atoms with Crippen LogP contribution in [0, 0.1) is 0 Å². The molecule has 0 fully saturated rings.